The summed E-state index contributed by atoms with van der Waals surface area (Å²) in [6, 6.07) is 5.39. The van der Waals surface area contributed by atoms with Crippen LogP contribution in [-0.2, 0) is 29.0 Å². The predicted molar refractivity (Wildman–Crippen MR) is 137 cm³/mol. The Kier molecular flexibility index (Phi) is 7.71. The summed E-state index contributed by atoms with van der Waals surface area (Å²) in [4.78, 5) is 37.4. The molecule has 2 aromatic rings. The number of piperidine rings is 1. The van der Waals surface area contributed by atoms with Crippen molar-refractivity contribution in [2.45, 2.75) is 58.7 Å². The lowest BCUT2D eigenvalue weighted by molar-refractivity contribution is -0.111. The van der Waals surface area contributed by atoms with Crippen LogP contribution < -0.4 is 10.2 Å². The van der Waals surface area contributed by atoms with Crippen LogP contribution in [0.5, 0.6) is 0 Å². The van der Waals surface area contributed by atoms with E-state index >= 15 is 0 Å². The van der Waals surface area contributed by atoms with Gasteiger partial charge in [-0.1, -0.05) is 29.3 Å². The summed E-state index contributed by atoms with van der Waals surface area (Å²) in [5.74, 6) is 1.40. The second kappa shape index (κ2) is 10.6. The van der Waals surface area contributed by atoms with Crippen molar-refractivity contribution in [3.8, 4) is 0 Å². The molecule has 1 fully saturated rings. The van der Waals surface area contributed by atoms with Crippen molar-refractivity contribution in [1.29, 1.82) is 0 Å². The zero-order chi connectivity index (χ0) is 25.2. The summed E-state index contributed by atoms with van der Waals surface area (Å²) in [5.41, 5.74) is 2.10. The number of carbonyl (C=O) groups is 2. The largest absolute Gasteiger partial charge is 0.444 e. The first-order valence-electron chi connectivity index (χ1n) is 11.9. The van der Waals surface area contributed by atoms with E-state index in [2.05, 4.69) is 10.2 Å². The van der Waals surface area contributed by atoms with Crippen LogP contribution in [0.15, 0.2) is 18.2 Å². The summed E-state index contributed by atoms with van der Waals surface area (Å²) in [6.45, 7) is 8.35. The molecule has 1 N–H and O–H groups in total. The quantitative estimate of drug-likeness (QED) is 0.549. The SMILES string of the molecule is CC(C)(C)OC(=O)N1CCc2nc(N3CCC(C=O)CC3)nc(NCc3ccc(Cl)cc3Cl)c2C1. The number of amides is 1. The van der Waals surface area contributed by atoms with E-state index in [0.29, 0.717) is 47.9 Å². The highest BCUT2D eigenvalue weighted by atomic mass is 35.5. The van der Waals surface area contributed by atoms with Crippen LogP contribution in [0.4, 0.5) is 16.6 Å². The maximum Gasteiger partial charge on any atom is 0.410 e. The van der Waals surface area contributed by atoms with Crippen LogP contribution in [0.1, 0.15) is 50.4 Å². The molecular formula is C25H31Cl2N5O3. The summed E-state index contributed by atoms with van der Waals surface area (Å²) >= 11 is 12.4. The first-order valence-corrected chi connectivity index (χ1v) is 12.6. The number of hydrogen-bond donors (Lipinski definition) is 1. The van der Waals surface area contributed by atoms with Gasteiger partial charge in [0.1, 0.15) is 17.7 Å². The number of benzene rings is 1. The molecule has 0 atom stereocenters. The molecule has 188 valence electrons. The predicted octanol–water partition coefficient (Wildman–Crippen LogP) is 5.10. The second-order valence-corrected chi connectivity index (χ2v) is 10.8. The number of nitrogens with one attached hydrogen (secondary N) is 1. The van der Waals surface area contributed by atoms with Crippen molar-refractivity contribution < 1.29 is 14.3 Å². The molecule has 0 spiro atoms. The Morgan fingerprint density at radius 3 is 2.60 bits per heavy atom. The molecule has 0 radical (unpaired) electrons. The van der Waals surface area contributed by atoms with E-state index in [-0.39, 0.29) is 12.0 Å². The number of aromatic nitrogens is 2. The molecule has 3 heterocycles. The van der Waals surface area contributed by atoms with Crippen LogP contribution in [0.3, 0.4) is 0 Å². The fourth-order valence-electron chi connectivity index (χ4n) is 4.25. The zero-order valence-corrected chi connectivity index (χ0v) is 21.8. The molecule has 1 amide bonds. The molecule has 2 aliphatic heterocycles. The number of halogens is 2. The van der Waals surface area contributed by atoms with Gasteiger partial charge in [0, 0.05) is 54.1 Å². The van der Waals surface area contributed by atoms with Crippen LogP contribution in [0.2, 0.25) is 10.0 Å². The minimum absolute atomic E-state index is 0.0934. The lowest BCUT2D eigenvalue weighted by Gasteiger charge is -2.34. The highest BCUT2D eigenvalue weighted by Gasteiger charge is 2.30. The van der Waals surface area contributed by atoms with Gasteiger partial charge < -0.3 is 24.6 Å². The van der Waals surface area contributed by atoms with Crippen LogP contribution in [-0.4, -0.2) is 52.5 Å². The Morgan fingerprint density at radius 2 is 1.94 bits per heavy atom. The van der Waals surface area contributed by atoms with Gasteiger partial charge in [0.2, 0.25) is 5.95 Å². The van der Waals surface area contributed by atoms with Gasteiger partial charge in [-0.05, 0) is 51.3 Å². The number of aldehydes is 1. The number of rotatable bonds is 5. The summed E-state index contributed by atoms with van der Waals surface area (Å²) in [5, 5.41) is 4.56. The van der Waals surface area contributed by atoms with Crippen LogP contribution in [0, 0.1) is 5.92 Å². The van der Waals surface area contributed by atoms with Crippen molar-refractivity contribution in [2.75, 3.05) is 29.9 Å². The van der Waals surface area contributed by atoms with E-state index in [1.54, 1.807) is 17.0 Å². The third kappa shape index (κ3) is 6.35. The Balaban J connectivity index is 1.61. The maximum atomic E-state index is 12.7. The molecule has 2 aliphatic rings. The topological polar surface area (TPSA) is 87.7 Å². The Morgan fingerprint density at radius 1 is 1.20 bits per heavy atom. The number of ether oxygens (including phenoxy) is 1. The van der Waals surface area contributed by atoms with Gasteiger partial charge in [0.15, 0.2) is 0 Å². The molecule has 8 nitrogen and oxygen atoms in total. The molecular weight excluding hydrogens is 489 g/mol. The van der Waals surface area contributed by atoms with Gasteiger partial charge in [-0.2, -0.15) is 4.98 Å². The number of hydrogen-bond acceptors (Lipinski definition) is 7. The molecule has 0 saturated carbocycles. The van der Waals surface area contributed by atoms with Gasteiger partial charge in [0.05, 0.1) is 12.2 Å². The molecule has 1 saturated heterocycles. The maximum absolute atomic E-state index is 12.7. The number of anilines is 2. The molecule has 35 heavy (non-hydrogen) atoms. The van der Waals surface area contributed by atoms with E-state index in [4.69, 9.17) is 37.9 Å². The monoisotopic (exact) mass is 519 g/mol. The van der Waals surface area contributed by atoms with E-state index < -0.39 is 5.60 Å². The summed E-state index contributed by atoms with van der Waals surface area (Å²) in [6.07, 6.45) is 2.87. The summed E-state index contributed by atoms with van der Waals surface area (Å²) < 4.78 is 5.59. The molecule has 0 aliphatic carbocycles. The molecule has 10 heteroatoms. The lowest BCUT2D eigenvalue weighted by Crippen LogP contribution is -2.41. The fourth-order valence-corrected chi connectivity index (χ4v) is 4.73. The van der Waals surface area contributed by atoms with E-state index in [1.165, 1.54) is 0 Å². The third-order valence-corrected chi connectivity index (χ3v) is 6.76. The van der Waals surface area contributed by atoms with Gasteiger partial charge in [-0.3, -0.25) is 0 Å². The Bertz CT molecular complexity index is 1100. The van der Waals surface area contributed by atoms with Crippen molar-refractivity contribution in [3.63, 3.8) is 0 Å². The zero-order valence-electron chi connectivity index (χ0n) is 20.3. The minimum atomic E-state index is -0.572. The van der Waals surface area contributed by atoms with Crippen LogP contribution in [0.25, 0.3) is 0 Å². The first-order chi connectivity index (χ1) is 16.6. The van der Waals surface area contributed by atoms with Crippen molar-refractivity contribution in [3.05, 3.63) is 45.1 Å². The molecule has 1 aromatic carbocycles. The van der Waals surface area contributed by atoms with Crippen LogP contribution >= 0.6 is 23.2 Å². The first kappa shape index (κ1) is 25.5. The van der Waals surface area contributed by atoms with Crippen molar-refractivity contribution in [1.82, 2.24) is 14.9 Å². The smallest absolute Gasteiger partial charge is 0.410 e. The highest BCUT2D eigenvalue weighted by Crippen LogP contribution is 2.30. The molecule has 4 rings (SSSR count). The van der Waals surface area contributed by atoms with E-state index in [0.717, 1.165) is 49.0 Å². The lowest BCUT2D eigenvalue weighted by atomic mass is 9.99. The Labute approximate surface area is 216 Å². The number of nitrogens with zero attached hydrogens (tertiary/aromatic N) is 4. The summed E-state index contributed by atoms with van der Waals surface area (Å²) in [7, 11) is 0. The third-order valence-electron chi connectivity index (χ3n) is 6.18. The van der Waals surface area contributed by atoms with E-state index in [9.17, 15) is 9.59 Å². The van der Waals surface area contributed by atoms with Gasteiger partial charge in [0.25, 0.3) is 0 Å². The standard InChI is InChI=1S/C25H31Cl2N5O3/c1-25(2,3)35-24(34)32-11-8-21-19(14-32)22(28-13-17-4-5-18(26)12-20(17)27)30-23(29-21)31-9-6-16(15-33)7-10-31/h4-5,12,15-16H,6-11,13-14H2,1-3H3,(H,28,29,30). The highest BCUT2D eigenvalue weighted by molar-refractivity contribution is 6.35. The number of fused-ring (bicyclic) bond motifs is 1. The molecule has 0 bridgehead atoms. The molecule has 0 unspecified atom stereocenters. The number of carbonyl (C=O) groups excluding carboxylic acids is 2. The average Bonchev–Trinajstić information content (AvgIpc) is 2.82. The van der Waals surface area contributed by atoms with Gasteiger partial charge in [-0.15, -0.1) is 0 Å². The van der Waals surface area contributed by atoms with Gasteiger partial charge in [-0.25, -0.2) is 9.78 Å². The van der Waals surface area contributed by atoms with E-state index in [1.807, 2.05) is 26.8 Å². The molecule has 1 aromatic heterocycles. The normalized spacial score (nSPS) is 16.6. The van der Waals surface area contributed by atoms with Gasteiger partial charge >= 0.3 is 6.09 Å². The Hall–Kier alpha value is -2.58. The van der Waals surface area contributed by atoms with Crippen molar-refractivity contribution >= 4 is 47.3 Å². The van der Waals surface area contributed by atoms with Crippen molar-refractivity contribution in [2.24, 2.45) is 5.92 Å². The fraction of sp³-hybridized carbons (Fsp3) is 0.520. The minimum Gasteiger partial charge on any atom is -0.444 e. The average molecular weight is 520 g/mol. The second-order valence-electron chi connectivity index (χ2n) is 10.00.